The van der Waals surface area contributed by atoms with Gasteiger partial charge in [0.15, 0.2) is 0 Å². The summed E-state index contributed by atoms with van der Waals surface area (Å²) in [5, 5.41) is 11.8. The topological polar surface area (TPSA) is 67.2 Å². The molecule has 5 nitrogen and oxygen atoms in total. The molecule has 2 N–H and O–H groups in total. The van der Waals surface area contributed by atoms with Crippen LogP contribution in [0.25, 0.3) is 0 Å². The summed E-state index contributed by atoms with van der Waals surface area (Å²) in [6, 6.07) is -0.223. The van der Waals surface area contributed by atoms with E-state index in [0.717, 1.165) is 0 Å². The van der Waals surface area contributed by atoms with Crippen molar-refractivity contribution in [3.63, 3.8) is 0 Å². The van der Waals surface area contributed by atoms with E-state index in [1.54, 1.807) is 24.1 Å². The Kier molecular flexibility index (Phi) is 3.85. The first-order valence-corrected chi connectivity index (χ1v) is 4.94. The van der Waals surface area contributed by atoms with Crippen LogP contribution in [0.3, 0.4) is 0 Å². The Labute approximate surface area is 89.1 Å². The molecule has 1 heterocycles. The molecule has 0 fully saturated rings. The first-order chi connectivity index (χ1) is 7.04. The van der Waals surface area contributed by atoms with Gasteiger partial charge in [0.25, 0.3) is 5.91 Å². The molecule has 1 atom stereocenters. The standard InChI is InChI=1S/C10H17N3O2/c1-7(2)9(5-14)12-10(15)8-4-13(3)6-11-8/h4,6-7,9,14H,5H2,1-3H3,(H,12,15). The maximum Gasteiger partial charge on any atom is 0.271 e. The second-order valence-corrected chi connectivity index (χ2v) is 3.93. The van der Waals surface area contributed by atoms with Crippen molar-refractivity contribution in [1.29, 1.82) is 0 Å². The number of aryl methyl sites for hydroxylation is 1. The number of hydrogen-bond donors (Lipinski definition) is 2. The van der Waals surface area contributed by atoms with Crippen LogP contribution in [0, 0.1) is 5.92 Å². The molecule has 0 aliphatic heterocycles. The SMILES string of the molecule is CC(C)C(CO)NC(=O)c1cn(C)cn1. The summed E-state index contributed by atoms with van der Waals surface area (Å²) in [6.45, 7) is 3.83. The zero-order chi connectivity index (χ0) is 11.4. The number of imidazole rings is 1. The van der Waals surface area contributed by atoms with Gasteiger partial charge in [0.05, 0.1) is 19.0 Å². The Hall–Kier alpha value is -1.36. The largest absolute Gasteiger partial charge is 0.394 e. The second-order valence-electron chi connectivity index (χ2n) is 3.93. The van der Waals surface area contributed by atoms with Gasteiger partial charge in [0, 0.05) is 13.2 Å². The van der Waals surface area contributed by atoms with Gasteiger partial charge >= 0.3 is 0 Å². The maximum absolute atomic E-state index is 11.6. The number of hydrogen-bond acceptors (Lipinski definition) is 3. The van der Waals surface area contributed by atoms with E-state index in [4.69, 9.17) is 5.11 Å². The lowest BCUT2D eigenvalue weighted by Crippen LogP contribution is -2.41. The van der Waals surface area contributed by atoms with Gasteiger partial charge in [0.2, 0.25) is 0 Å². The van der Waals surface area contributed by atoms with Gasteiger partial charge < -0.3 is 15.0 Å². The first kappa shape index (κ1) is 11.7. The summed E-state index contributed by atoms with van der Waals surface area (Å²) in [5.41, 5.74) is 0.372. The monoisotopic (exact) mass is 211 g/mol. The molecule has 0 aliphatic rings. The lowest BCUT2D eigenvalue weighted by molar-refractivity contribution is 0.0892. The van der Waals surface area contributed by atoms with E-state index in [-0.39, 0.29) is 24.5 Å². The van der Waals surface area contributed by atoms with Gasteiger partial charge in [0.1, 0.15) is 5.69 Å². The Bertz CT molecular complexity index is 333. The highest BCUT2D eigenvalue weighted by Crippen LogP contribution is 2.02. The van der Waals surface area contributed by atoms with Crippen molar-refractivity contribution in [2.24, 2.45) is 13.0 Å². The Morgan fingerprint density at radius 1 is 1.67 bits per heavy atom. The van der Waals surface area contributed by atoms with Crippen LogP contribution in [0.4, 0.5) is 0 Å². The van der Waals surface area contributed by atoms with Gasteiger partial charge in [-0.05, 0) is 5.92 Å². The highest BCUT2D eigenvalue weighted by molar-refractivity contribution is 5.92. The molecule has 0 bridgehead atoms. The predicted molar refractivity (Wildman–Crippen MR) is 56.4 cm³/mol. The van der Waals surface area contributed by atoms with Crippen LogP contribution < -0.4 is 5.32 Å². The highest BCUT2D eigenvalue weighted by atomic mass is 16.3. The number of amides is 1. The Morgan fingerprint density at radius 2 is 2.33 bits per heavy atom. The molecule has 84 valence electrons. The van der Waals surface area contributed by atoms with Gasteiger partial charge in [-0.3, -0.25) is 4.79 Å². The van der Waals surface area contributed by atoms with Gasteiger partial charge in [-0.25, -0.2) is 4.98 Å². The molecule has 1 aromatic heterocycles. The van der Waals surface area contributed by atoms with Crippen LogP contribution in [0.15, 0.2) is 12.5 Å². The fourth-order valence-electron chi connectivity index (χ4n) is 1.20. The van der Waals surface area contributed by atoms with Crippen molar-refractivity contribution in [2.75, 3.05) is 6.61 Å². The van der Waals surface area contributed by atoms with E-state index < -0.39 is 0 Å². The van der Waals surface area contributed by atoms with Crippen LogP contribution in [-0.4, -0.2) is 33.2 Å². The summed E-state index contributed by atoms with van der Waals surface area (Å²) in [6.07, 6.45) is 3.21. The molecule has 1 amide bonds. The number of aromatic nitrogens is 2. The minimum Gasteiger partial charge on any atom is -0.394 e. The quantitative estimate of drug-likeness (QED) is 0.746. The van der Waals surface area contributed by atoms with Gasteiger partial charge in [-0.15, -0.1) is 0 Å². The molecule has 1 unspecified atom stereocenters. The Morgan fingerprint density at radius 3 is 2.73 bits per heavy atom. The van der Waals surface area contributed by atoms with Crippen molar-refractivity contribution in [2.45, 2.75) is 19.9 Å². The number of aliphatic hydroxyl groups excluding tert-OH is 1. The van der Waals surface area contributed by atoms with E-state index in [1.807, 2.05) is 13.8 Å². The average molecular weight is 211 g/mol. The van der Waals surface area contributed by atoms with Crippen LogP contribution >= 0.6 is 0 Å². The minimum atomic E-state index is -0.247. The van der Waals surface area contributed by atoms with Crippen molar-refractivity contribution in [3.8, 4) is 0 Å². The molecule has 1 aromatic rings. The number of carbonyl (C=O) groups is 1. The molecular formula is C10H17N3O2. The van der Waals surface area contributed by atoms with Gasteiger partial charge in [-0.1, -0.05) is 13.8 Å². The normalized spacial score (nSPS) is 12.9. The third-order valence-electron chi connectivity index (χ3n) is 2.26. The fraction of sp³-hybridized carbons (Fsp3) is 0.600. The van der Waals surface area contributed by atoms with E-state index >= 15 is 0 Å². The zero-order valence-corrected chi connectivity index (χ0v) is 9.27. The smallest absolute Gasteiger partial charge is 0.271 e. The predicted octanol–water partition coefficient (Wildman–Crippen LogP) is 0.167. The summed E-state index contributed by atoms with van der Waals surface area (Å²) >= 11 is 0. The van der Waals surface area contributed by atoms with Crippen molar-refractivity contribution >= 4 is 5.91 Å². The lowest BCUT2D eigenvalue weighted by atomic mass is 10.1. The van der Waals surface area contributed by atoms with E-state index in [1.165, 1.54) is 0 Å². The van der Waals surface area contributed by atoms with Gasteiger partial charge in [-0.2, -0.15) is 0 Å². The number of carbonyl (C=O) groups excluding carboxylic acids is 1. The van der Waals surface area contributed by atoms with Crippen molar-refractivity contribution in [1.82, 2.24) is 14.9 Å². The number of rotatable bonds is 4. The van der Waals surface area contributed by atoms with Crippen LogP contribution in [0.1, 0.15) is 24.3 Å². The molecule has 1 rings (SSSR count). The molecule has 0 radical (unpaired) electrons. The van der Waals surface area contributed by atoms with E-state index in [0.29, 0.717) is 5.69 Å². The number of aliphatic hydroxyl groups is 1. The summed E-state index contributed by atoms with van der Waals surface area (Å²) < 4.78 is 1.71. The molecule has 0 saturated heterocycles. The summed E-state index contributed by atoms with van der Waals surface area (Å²) in [4.78, 5) is 15.6. The third-order valence-corrected chi connectivity index (χ3v) is 2.26. The summed E-state index contributed by atoms with van der Waals surface area (Å²) in [7, 11) is 1.80. The number of nitrogens with zero attached hydrogens (tertiary/aromatic N) is 2. The van der Waals surface area contributed by atoms with Crippen molar-refractivity contribution in [3.05, 3.63) is 18.2 Å². The third kappa shape index (κ3) is 3.06. The summed E-state index contributed by atoms with van der Waals surface area (Å²) in [5.74, 6) is -0.0500. The zero-order valence-electron chi connectivity index (χ0n) is 9.27. The highest BCUT2D eigenvalue weighted by Gasteiger charge is 2.17. The molecule has 5 heteroatoms. The fourth-order valence-corrected chi connectivity index (χ4v) is 1.20. The molecule has 15 heavy (non-hydrogen) atoms. The molecular weight excluding hydrogens is 194 g/mol. The Balaban J connectivity index is 2.62. The first-order valence-electron chi connectivity index (χ1n) is 4.94. The molecule has 0 saturated carbocycles. The molecule has 0 aromatic carbocycles. The lowest BCUT2D eigenvalue weighted by Gasteiger charge is -2.18. The molecule has 0 aliphatic carbocycles. The molecule has 0 spiro atoms. The van der Waals surface area contributed by atoms with Crippen LogP contribution in [-0.2, 0) is 7.05 Å². The minimum absolute atomic E-state index is 0.0593. The average Bonchev–Trinajstić information content (AvgIpc) is 2.60. The van der Waals surface area contributed by atoms with E-state index in [2.05, 4.69) is 10.3 Å². The van der Waals surface area contributed by atoms with Crippen molar-refractivity contribution < 1.29 is 9.90 Å². The van der Waals surface area contributed by atoms with Crippen LogP contribution in [0.5, 0.6) is 0 Å². The van der Waals surface area contributed by atoms with Crippen LogP contribution in [0.2, 0.25) is 0 Å². The maximum atomic E-state index is 11.6. The number of nitrogens with one attached hydrogen (secondary N) is 1. The second kappa shape index (κ2) is 4.93. The van der Waals surface area contributed by atoms with E-state index in [9.17, 15) is 4.79 Å².